The lowest BCUT2D eigenvalue weighted by Crippen LogP contribution is -2.22. The Hall–Kier alpha value is 0.170. The normalized spacial score (nSPS) is 26.9. The number of alkyl halides is 1. The number of rotatable bonds is 0. The lowest BCUT2D eigenvalue weighted by molar-refractivity contribution is 0.344. The first-order valence-corrected chi connectivity index (χ1v) is 3.67. The zero-order valence-corrected chi connectivity index (χ0v) is 6.59. The van der Waals surface area contributed by atoms with Crippen molar-refractivity contribution in [1.29, 1.82) is 0 Å². The molecule has 1 rings (SSSR count). The summed E-state index contributed by atoms with van der Waals surface area (Å²) in [7, 11) is 0. The van der Waals surface area contributed by atoms with E-state index >= 15 is 0 Å². The SMILES string of the molecule is F[C@@H]1CCN(C(=S)S)C1. The van der Waals surface area contributed by atoms with Crippen LogP contribution < -0.4 is 0 Å². The average molecular weight is 165 g/mol. The molecule has 0 N–H and O–H groups in total. The molecule has 4 heteroatoms. The van der Waals surface area contributed by atoms with E-state index in [1.165, 1.54) is 0 Å². The summed E-state index contributed by atoms with van der Waals surface area (Å²) in [5, 5.41) is 0. The molecule has 1 aliphatic heterocycles. The number of likely N-dealkylation sites (tertiary alicyclic amines) is 1. The number of thiol groups is 1. The maximum atomic E-state index is 12.4. The van der Waals surface area contributed by atoms with Crippen molar-refractivity contribution < 1.29 is 4.39 Å². The Bertz CT molecular complexity index is 128. The maximum absolute atomic E-state index is 12.4. The van der Waals surface area contributed by atoms with E-state index in [2.05, 4.69) is 12.6 Å². The van der Waals surface area contributed by atoms with Crippen molar-refractivity contribution >= 4 is 29.2 Å². The number of halogens is 1. The molecule has 1 heterocycles. The first-order chi connectivity index (χ1) is 4.20. The second kappa shape index (κ2) is 2.84. The van der Waals surface area contributed by atoms with Crippen LogP contribution in [0.5, 0.6) is 0 Å². The Kier molecular flexibility index (Phi) is 2.29. The van der Waals surface area contributed by atoms with Crippen molar-refractivity contribution in [3.8, 4) is 0 Å². The van der Waals surface area contributed by atoms with Crippen molar-refractivity contribution in [3.63, 3.8) is 0 Å². The van der Waals surface area contributed by atoms with E-state index in [-0.39, 0.29) is 0 Å². The molecule has 0 aliphatic carbocycles. The zero-order chi connectivity index (χ0) is 6.85. The summed E-state index contributed by atoms with van der Waals surface area (Å²) in [6, 6.07) is 0. The van der Waals surface area contributed by atoms with Crippen LogP contribution in [0.3, 0.4) is 0 Å². The van der Waals surface area contributed by atoms with Gasteiger partial charge in [0, 0.05) is 6.54 Å². The van der Waals surface area contributed by atoms with Gasteiger partial charge >= 0.3 is 0 Å². The first kappa shape index (κ1) is 7.28. The smallest absolute Gasteiger partial charge is 0.133 e. The van der Waals surface area contributed by atoms with Crippen molar-refractivity contribution in [3.05, 3.63) is 0 Å². The highest BCUT2D eigenvalue weighted by Crippen LogP contribution is 2.13. The number of thiocarbonyl (C=S) groups is 1. The Morgan fingerprint density at radius 3 is 2.67 bits per heavy atom. The highest BCUT2D eigenvalue weighted by Gasteiger charge is 2.21. The van der Waals surface area contributed by atoms with Crippen LogP contribution in [0.4, 0.5) is 4.39 Å². The number of hydrogen-bond acceptors (Lipinski definition) is 1. The van der Waals surface area contributed by atoms with Crippen molar-refractivity contribution in [2.45, 2.75) is 12.6 Å². The molecule has 0 saturated carbocycles. The van der Waals surface area contributed by atoms with E-state index in [0.717, 1.165) is 6.54 Å². The Labute approximate surface area is 64.6 Å². The van der Waals surface area contributed by atoms with Crippen LogP contribution in [0.25, 0.3) is 0 Å². The van der Waals surface area contributed by atoms with Crippen molar-refractivity contribution in [2.75, 3.05) is 13.1 Å². The minimum atomic E-state index is -0.699. The van der Waals surface area contributed by atoms with Gasteiger partial charge in [0.2, 0.25) is 0 Å². The van der Waals surface area contributed by atoms with Crippen molar-refractivity contribution in [2.24, 2.45) is 0 Å². The summed E-state index contributed by atoms with van der Waals surface area (Å²) in [6.07, 6.45) is -0.101. The second-order valence-corrected chi connectivity index (χ2v) is 3.23. The monoisotopic (exact) mass is 165 g/mol. The number of hydrogen-bond donors (Lipinski definition) is 1. The Morgan fingerprint density at radius 2 is 2.44 bits per heavy atom. The van der Waals surface area contributed by atoms with Crippen LogP contribution in [0.1, 0.15) is 6.42 Å². The molecule has 1 aliphatic rings. The first-order valence-electron chi connectivity index (χ1n) is 2.82. The topological polar surface area (TPSA) is 3.24 Å². The Balaban J connectivity index is 2.39. The van der Waals surface area contributed by atoms with Crippen LogP contribution in [-0.4, -0.2) is 28.5 Å². The quantitative estimate of drug-likeness (QED) is 0.425. The third-order valence-corrected chi connectivity index (χ3v) is 1.94. The molecule has 0 aromatic carbocycles. The zero-order valence-electron chi connectivity index (χ0n) is 4.88. The van der Waals surface area contributed by atoms with E-state index < -0.39 is 6.17 Å². The summed E-state index contributed by atoms with van der Waals surface area (Å²) < 4.78 is 12.9. The molecule has 0 radical (unpaired) electrons. The van der Waals surface area contributed by atoms with Gasteiger partial charge in [-0.25, -0.2) is 4.39 Å². The molecule has 0 aromatic heterocycles. The van der Waals surface area contributed by atoms with E-state index in [0.29, 0.717) is 17.3 Å². The van der Waals surface area contributed by atoms with E-state index in [4.69, 9.17) is 12.2 Å². The van der Waals surface area contributed by atoms with Gasteiger partial charge in [-0.2, -0.15) is 0 Å². The summed E-state index contributed by atoms with van der Waals surface area (Å²) in [4.78, 5) is 1.77. The molecule has 1 atom stereocenters. The van der Waals surface area contributed by atoms with Gasteiger partial charge < -0.3 is 4.90 Å². The van der Waals surface area contributed by atoms with E-state index in [1.807, 2.05) is 0 Å². The summed E-state index contributed by atoms with van der Waals surface area (Å²) in [5.74, 6) is 0. The standard InChI is InChI=1S/C5H8FNS2/c6-4-1-2-7(3-4)5(8)9/h4H,1-3H2,(H,8,9)/t4-/m1/s1. The fraction of sp³-hybridized carbons (Fsp3) is 0.800. The summed E-state index contributed by atoms with van der Waals surface area (Å²) in [6.45, 7) is 1.16. The molecule has 9 heavy (non-hydrogen) atoms. The van der Waals surface area contributed by atoms with Gasteiger partial charge in [0.25, 0.3) is 0 Å². The maximum Gasteiger partial charge on any atom is 0.133 e. The van der Waals surface area contributed by atoms with Gasteiger partial charge in [0.05, 0.1) is 6.54 Å². The molecule has 0 amide bonds. The molecular weight excluding hydrogens is 157 g/mol. The van der Waals surface area contributed by atoms with Crippen LogP contribution in [0.15, 0.2) is 0 Å². The highest BCUT2D eigenvalue weighted by molar-refractivity contribution is 8.10. The van der Waals surface area contributed by atoms with Gasteiger partial charge in [-0.15, -0.1) is 12.6 Å². The minimum absolute atomic E-state index is 0.433. The van der Waals surface area contributed by atoms with Crippen LogP contribution in [0, 0.1) is 0 Å². The Morgan fingerprint density at radius 1 is 1.78 bits per heavy atom. The van der Waals surface area contributed by atoms with Gasteiger partial charge in [-0.05, 0) is 6.42 Å². The fourth-order valence-electron chi connectivity index (χ4n) is 0.891. The van der Waals surface area contributed by atoms with E-state index in [9.17, 15) is 4.39 Å². The summed E-state index contributed by atoms with van der Waals surface area (Å²) >= 11 is 8.66. The average Bonchev–Trinajstić information content (AvgIpc) is 2.14. The molecule has 0 spiro atoms. The molecule has 0 unspecified atom stereocenters. The molecule has 1 nitrogen and oxygen atoms in total. The number of nitrogens with zero attached hydrogens (tertiary/aromatic N) is 1. The third kappa shape index (κ3) is 1.79. The van der Waals surface area contributed by atoms with Crippen LogP contribution >= 0.6 is 24.8 Å². The minimum Gasteiger partial charge on any atom is -0.355 e. The molecule has 1 fully saturated rings. The van der Waals surface area contributed by atoms with Gasteiger partial charge in [-0.1, -0.05) is 12.2 Å². The third-order valence-electron chi connectivity index (χ3n) is 1.40. The highest BCUT2D eigenvalue weighted by atomic mass is 32.1. The van der Waals surface area contributed by atoms with Crippen molar-refractivity contribution in [1.82, 2.24) is 4.90 Å². The largest absolute Gasteiger partial charge is 0.355 e. The molecule has 0 aromatic rings. The predicted octanol–water partition coefficient (Wildman–Crippen LogP) is 1.24. The summed E-state index contributed by atoms with van der Waals surface area (Å²) in [5.41, 5.74) is 0. The van der Waals surface area contributed by atoms with Gasteiger partial charge in [0.15, 0.2) is 0 Å². The predicted molar refractivity (Wildman–Crippen MR) is 42.7 cm³/mol. The van der Waals surface area contributed by atoms with Gasteiger partial charge in [0.1, 0.15) is 10.5 Å². The lowest BCUT2D eigenvalue weighted by Gasteiger charge is -2.12. The lowest BCUT2D eigenvalue weighted by atomic mass is 10.4. The van der Waals surface area contributed by atoms with Crippen LogP contribution in [-0.2, 0) is 0 Å². The second-order valence-electron chi connectivity index (χ2n) is 2.11. The molecule has 0 bridgehead atoms. The molecule has 52 valence electrons. The van der Waals surface area contributed by atoms with Crippen LogP contribution in [0.2, 0.25) is 0 Å². The van der Waals surface area contributed by atoms with E-state index in [1.54, 1.807) is 4.90 Å². The fourth-order valence-corrected chi connectivity index (χ4v) is 1.24. The molecular formula is C5H8FNS2. The van der Waals surface area contributed by atoms with Gasteiger partial charge in [-0.3, -0.25) is 0 Å². The molecule has 1 saturated heterocycles.